The quantitative estimate of drug-likeness (QED) is 0.787. The topological polar surface area (TPSA) is 67.5 Å². The van der Waals surface area contributed by atoms with Gasteiger partial charge in [0, 0.05) is 11.7 Å². The van der Waals surface area contributed by atoms with Crippen LogP contribution in [0, 0.1) is 0 Å². The Morgan fingerprint density at radius 3 is 2.37 bits per heavy atom. The summed E-state index contributed by atoms with van der Waals surface area (Å²) in [7, 11) is -2.53. The van der Waals surface area contributed by atoms with E-state index in [0.717, 1.165) is 30.6 Å². The van der Waals surface area contributed by atoms with E-state index in [2.05, 4.69) is 22.9 Å². The van der Waals surface area contributed by atoms with E-state index in [1.54, 1.807) is 12.1 Å². The summed E-state index contributed by atoms with van der Waals surface area (Å²) in [4.78, 5) is 0.737. The van der Waals surface area contributed by atoms with Crippen molar-refractivity contribution in [1.82, 2.24) is 4.72 Å². The van der Waals surface area contributed by atoms with Crippen LogP contribution in [0.1, 0.15) is 39.5 Å². The maximum atomic E-state index is 13.2. The predicted molar refractivity (Wildman–Crippen MR) is 80.2 cm³/mol. The lowest BCUT2D eigenvalue weighted by molar-refractivity contribution is 0.566. The number of nitrogens with one attached hydrogen (secondary N) is 1. The van der Waals surface area contributed by atoms with Crippen molar-refractivity contribution in [3.05, 3.63) is 24.3 Å². The highest BCUT2D eigenvalue weighted by Gasteiger charge is 2.25. The Balaban J connectivity index is 2.34. The molecule has 2 rings (SSSR count). The number of benzene rings is 1. The fraction of sp³-hybridized carbons (Fsp3) is 0.571. The Bertz CT molecular complexity index is 524. The smallest absolute Gasteiger partial charge is 0.137 e. The van der Waals surface area contributed by atoms with Gasteiger partial charge in [-0.2, -0.15) is 0 Å². The molecule has 1 saturated carbocycles. The minimum atomic E-state index is -2.53. The number of nitrogens with two attached hydrogens (primary N) is 1. The van der Waals surface area contributed by atoms with Crippen molar-refractivity contribution in [2.45, 2.75) is 56.5 Å². The number of rotatable bonds is 6. The second-order valence-electron chi connectivity index (χ2n) is 5.06. The highest BCUT2D eigenvalue weighted by molar-refractivity contribution is 7.91. The maximum absolute atomic E-state index is 13.2. The Labute approximate surface area is 116 Å². The third-order valence-corrected chi connectivity index (χ3v) is 5.51. The highest BCUT2D eigenvalue weighted by atomic mass is 32.2. The average molecular weight is 281 g/mol. The Morgan fingerprint density at radius 1 is 1.32 bits per heavy atom. The molecule has 19 heavy (non-hydrogen) atoms. The molecule has 1 atom stereocenters. The average Bonchev–Trinajstić information content (AvgIpc) is 3.20. The van der Waals surface area contributed by atoms with Crippen LogP contribution in [-0.4, -0.2) is 16.3 Å². The van der Waals surface area contributed by atoms with E-state index >= 15 is 0 Å². The molecule has 1 aromatic rings. The molecule has 1 aliphatic carbocycles. The fourth-order valence-electron chi connectivity index (χ4n) is 1.88. The number of hydrogen-bond donors (Lipinski definition) is 2. The normalized spacial score (nSPS) is 18.3. The van der Waals surface area contributed by atoms with Crippen molar-refractivity contribution in [2.75, 3.05) is 5.73 Å². The lowest BCUT2D eigenvalue weighted by atomic mass is 10.2. The zero-order chi connectivity index (χ0) is 13.9. The predicted octanol–water partition coefficient (Wildman–Crippen LogP) is 2.95. The fourth-order valence-corrected chi connectivity index (χ4v) is 4.12. The van der Waals surface area contributed by atoms with Crippen molar-refractivity contribution in [3.8, 4) is 0 Å². The van der Waals surface area contributed by atoms with Gasteiger partial charge in [-0.25, -0.2) is 13.3 Å². The van der Waals surface area contributed by atoms with Gasteiger partial charge in [-0.05, 0) is 49.9 Å². The summed E-state index contributed by atoms with van der Waals surface area (Å²) in [5.41, 5.74) is 6.37. The van der Waals surface area contributed by atoms with Gasteiger partial charge >= 0.3 is 0 Å². The molecule has 0 heterocycles. The van der Waals surface area contributed by atoms with Crippen LogP contribution in [-0.2, 0) is 9.92 Å². The van der Waals surface area contributed by atoms with Gasteiger partial charge in [0.2, 0.25) is 0 Å². The molecule has 0 aliphatic heterocycles. The molecule has 1 unspecified atom stereocenters. The molecule has 0 radical (unpaired) electrons. The Kier molecular flexibility index (Phi) is 4.47. The molecule has 3 N–H and O–H groups in total. The van der Waals surface area contributed by atoms with Gasteiger partial charge in [-0.1, -0.05) is 13.8 Å². The number of hydrogen-bond acceptors (Lipinski definition) is 3. The van der Waals surface area contributed by atoms with Gasteiger partial charge < -0.3 is 5.73 Å². The standard InChI is InChI=1S/C14H23N3OS/c1-3-12(4-2)16-19(18,17-13-7-8-13)14-9-5-11(15)6-10-14/h5-6,9-10,12-13H,3-4,7-8,15H2,1-2H3,(H,16,17,18). The molecule has 5 heteroatoms. The van der Waals surface area contributed by atoms with E-state index in [9.17, 15) is 4.21 Å². The minimum absolute atomic E-state index is 0.229. The van der Waals surface area contributed by atoms with Crippen molar-refractivity contribution >= 4 is 15.6 Å². The second-order valence-corrected chi connectivity index (χ2v) is 7.03. The summed E-state index contributed by atoms with van der Waals surface area (Å²) in [5, 5.41) is 0. The summed E-state index contributed by atoms with van der Waals surface area (Å²) in [5.74, 6) is 0. The van der Waals surface area contributed by atoms with Crippen LogP contribution < -0.4 is 10.5 Å². The van der Waals surface area contributed by atoms with E-state index in [4.69, 9.17) is 5.73 Å². The number of nitrogen functional groups attached to an aromatic ring is 1. The van der Waals surface area contributed by atoms with E-state index in [0.29, 0.717) is 5.69 Å². The first kappa shape index (κ1) is 14.3. The van der Waals surface area contributed by atoms with Gasteiger partial charge in [0.1, 0.15) is 9.92 Å². The molecule has 4 nitrogen and oxygen atoms in total. The van der Waals surface area contributed by atoms with Crippen molar-refractivity contribution < 1.29 is 4.21 Å². The van der Waals surface area contributed by atoms with Crippen LogP contribution in [0.3, 0.4) is 0 Å². The third kappa shape index (κ3) is 3.70. The number of nitrogens with zero attached hydrogens (tertiary/aromatic N) is 1. The molecule has 1 aromatic carbocycles. The van der Waals surface area contributed by atoms with Crippen molar-refractivity contribution in [1.29, 1.82) is 0 Å². The maximum Gasteiger partial charge on any atom is 0.137 e. The van der Waals surface area contributed by atoms with Crippen LogP contribution in [0.25, 0.3) is 0 Å². The molecule has 106 valence electrons. The molecule has 0 saturated heterocycles. The molecule has 0 spiro atoms. The van der Waals surface area contributed by atoms with Crippen LogP contribution in [0.2, 0.25) is 0 Å². The molecule has 0 amide bonds. The van der Waals surface area contributed by atoms with E-state index in [-0.39, 0.29) is 12.1 Å². The van der Waals surface area contributed by atoms with Gasteiger partial charge in [0.05, 0.1) is 10.9 Å². The first-order chi connectivity index (χ1) is 9.07. The third-order valence-electron chi connectivity index (χ3n) is 3.36. The van der Waals surface area contributed by atoms with Gasteiger partial charge in [-0.3, -0.25) is 0 Å². The minimum Gasteiger partial charge on any atom is -0.399 e. The summed E-state index contributed by atoms with van der Waals surface area (Å²) in [6, 6.07) is 7.69. The second kappa shape index (κ2) is 5.92. The zero-order valence-electron chi connectivity index (χ0n) is 11.6. The van der Waals surface area contributed by atoms with Crippen LogP contribution in [0.4, 0.5) is 5.69 Å². The first-order valence-electron chi connectivity index (χ1n) is 6.96. The largest absolute Gasteiger partial charge is 0.399 e. The van der Waals surface area contributed by atoms with E-state index < -0.39 is 9.92 Å². The number of anilines is 1. The van der Waals surface area contributed by atoms with Crippen LogP contribution >= 0.6 is 0 Å². The SMILES string of the molecule is CCC(CC)NS(=O)(=NC1CC1)c1ccc(N)cc1. The summed E-state index contributed by atoms with van der Waals surface area (Å²) in [6.07, 6.45) is 4.00. The van der Waals surface area contributed by atoms with Gasteiger partial charge in [-0.15, -0.1) is 0 Å². The van der Waals surface area contributed by atoms with Gasteiger partial charge in [0.25, 0.3) is 0 Å². The molecule has 1 aliphatic rings. The Hall–Kier alpha value is -1.07. The summed E-state index contributed by atoms with van der Waals surface area (Å²) < 4.78 is 20.9. The lowest BCUT2D eigenvalue weighted by Gasteiger charge is -2.19. The molecule has 0 aromatic heterocycles. The summed E-state index contributed by atoms with van der Waals surface area (Å²) >= 11 is 0. The molecule has 1 fully saturated rings. The van der Waals surface area contributed by atoms with Crippen LogP contribution in [0.5, 0.6) is 0 Å². The summed E-state index contributed by atoms with van der Waals surface area (Å²) in [6.45, 7) is 4.20. The Morgan fingerprint density at radius 2 is 1.89 bits per heavy atom. The first-order valence-corrected chi connectivity index (χ1v) is 8.48. The highest BCUT2D eigenvalue weighted by Crippen LogP contribution is 2.27. The lowest BCUT2D eigenvalue weighted by Crippen LogP contribution is -2.34. The van der Waals surface area contributed by atoms with Crippen molar-refractivity contribution in [3.63, 3.8) is 0 Å². The molecular formula is C14H23N3OS. The van der Waals surface area contributed by atoms with E-state index in [1.165, 1.54) is 0 Å². The van der Waals surface area contributed by atoms with Crippen LogP contribution in [0.15, 0.2) is 33.5 Å². The van der Waals surface area contributed by atoms with E-state index in [1.807, 2.05) is 12.1 Å². The monoisotopic (exact) mass is 281 g/mol. The molecular weight excluding hydrogens is 258 g/mol. The van der Waals surface area contributed by atoms with Crippen molar-refractivity contribution in [2.24, 2.45) is 4.36 Å². The van der Waals surface area contributed by atoms with Gasteiger partial charge in [0.15, 0.2) is 0 Å². The molecule has 0 bridgehead atoms. The zero-order valence-corrected chi connectivity index (χ0v) is 12.5.